The van der Waals surface area contributed by atoms with Crippen molar-refractivity contribution in [3.8, 4) is 0 Å². The minimum atomic E-state index is -3.67. The van der Waals surface area contributed by atoms with Gasteiger partial charge in [-0.3, -0.25) is 9.59 Å². The van der Waals surface area contributed by atoms with E-state index >= 15 is 0 Å². The number of carbonyl (C=O) groups is 2. The molecule has 1 heterocycles. The maximum Gasteiger partial charge on any atom is 0.308 e. The number of likely N-dealkylation sites (tertiary alicyclic amines) is 1. The van der Waals surface area contributed by atoms with Crippen LogP contribution in [0.15, 0.2) is 23.1 Å². The standard InChI is InChI=1S/C19H28N2O5S/c1-5-20(6-2)27(25,26)15-10-9-13(3)17(12-15)18(22)21-11-7-8-16(14(21)4)19(23)24/h9-10,12,14,16H,5-8,11H2,1-4H3,(H,23,24)/t14-,16-/m0/s1. The zero-order valence-electron chi connectivity index (χ0n) is 16.3. The van der Waals surface area contributed by atoms with Crippen LogP contribution in [0, 0.1) is 12.8 Å². The number of carboxylic acids is 1. The fourth-order valence-corrected chi connectivity index (χ4v) is 5.10. The molecule has 1 aromatic rings. The molecule has 2 atom stereocenters. The quantitative estimate of drug-likeness (QED) is 0.796. The van der Waals surface area contributed by atoms with Crippen LogP contribution in [0.1, 0.15) is 49.5 Å². The number of rotatable bonds is 6. The molecule has 0 bridgehead atoms. The second kappa shape index (κ2) is 8.39. The predicted octanol–water partition coefficient (Wildman–Crippen LogP) is 2.35. The topological polar surface area (TPSA) is 95.0 Å². The Labute approximate surface area is 161 Å². The molecule has 7 nitrogen and oxygen atoms in total. The van der Waals surface area contributed by atoms with Crippen LogP contribution in [0.3, 0.4) is 0 Å². The van der Waals surface area contributed by atoms with Gasteiger partial charge >= 0.3 is 5.97 Å². The lowest BCUT2D eigenvalue weighted by Gasteiger charge is -2.37. The van der Waals surface area contributed by atoms with E-state index in [-0.39, 0.29) is 10.8 Å². The highest BCUT2D eigenvalue weighted by atomic mass is 32.2. The molecule has 150 valence electrons. The van der Waals surface area contributed by atoms with Gasteiger partial charge < -0.3 is 10.0 Å². The molecule has 8 heteroatoms. The smallest absolute Gasteiger partial charge is 0.308 e. The highest BCUT2D eigenvalue weighted by Gasteiger charge is 2.36. The fourth-order valence-electron chi connectivity index (χ4n) is 3.62. The first-order valence-corrected chi connectivity index (χ1v) is 10.7. The molecule has 27 heavy (non-hydrogen) atoms. The van der Waals surface area contributed by atoms with Crippen LogP contribution in [0.25, 0.3) is 0 Å². The van der Waals surface area contributed by atoms with Gasteiger partial charge in [-0.25, -0.2) is 8.42 Å². The SMILES string of the molecule is CCN(CC)S(=O)(=O)c1ccc(C)c(C(=O)N2CCC[C@H](C(=O)O)[C@@H]2C)c1. The summed E-state index contributed by atoms with van der Waals surface area (Å²) in [6, 6.07) is 4.13. The van der Waals surface area contributed by atoms with Gasteiger partial charge in [0.05, 0.1) is 10.8 Å². The zero-order chi connectivity index (χ0) is 20.4. The summed E-state index contributed by atoms with van der Waals surface area (Å²) in [6.07, 6.45) is 1.15. The third-order valence-corrected chi connectivity index (χ3v) is 7.39. The first-order valence-electron chi connectivity index (χ1n) is 9.29. The summed E-state index contributed by atoms with van der Waals surface area (Å²) in [5, 5.41) is 9.38. The van der Waals surface area contributed by atoms with Gasteiger partial charge in [-0.2, -0.15) is 4.31 Å². The number of amides is 1. The molecule has 1 amide bonds. The number of hydrogen-bond acceptors (Lipinski definition) is 4. The summed E-state index contributed by atoms with van der Waals surface area (Å²) < 4.78 is 26.9. The number of carbonyl (C=O) groups excluding carboxylic acids is 1. The Hall–Kier alpha value is -1.93. The number of aryl methyl sites for hydroxylation is 1. The molecule has 0 aliphatic carbocycles. The molecule has 1 aliphatic rings. The molecule has 0 saturated carbocycles. The van der Waals surface area contributed by atoms with Gasteiger partial charge in [-0.15, -0.1) is 0 Å². The molecule has 2 rings (SSSR count). The van der Waals surface area contributed by atoms with Gasteiger partial charge in [0.25, 0.3) is 5.91 Å². The van der Waals surface area contributed by atoms with Gasteiger partial charge in [-0.1, -0.05) is 19.9 Å². The monoisotopic (exact) mass is 396 g/mol. The Morgan fingerprint density at radius 2 is 1.89 bits per heavy atom. The number of nitrogens with zero attached hydrogens (tertiary/aromatic N) is 2. The maximum atomic E-state index is 13.1. The van der Waals surface area contributed by atoms with E-state index in [0.29, 0.717) is 43.6 Å². The highest BCUT2D eigenvalue weighted by molar-refractivity contribution is 7.89. The van der Waals surface area contributed by atoms with Crippen molar-refractivity contribution >= 4 is 21.9 Å². The van der Waals surface area contributed by atoms with E-state index in [9.17, 15) is 23.1 Å². The van der Waals surface area contributed by atoms with Crippen LogP contribution in [0.4, 0.5) is 0 Å². The molecule has 0 spiro atoms. The van der Waals surface area contributed by atoms with Crippen molar-refractivity contribution in [1.29, 1.82) is 0 Å². The number of piperidine rings is 1. The van der Waals surface area contributed by atoms with Crippen molar-refractivity contribution in [3.05, 3.63) is 29.3 Å². The Kier molecular flexibility index (Phi) is 6.64. The van der Waals surface area contributed by atoms with E-state index in [0.717, 1.165) is 0 Å². The normalized spacial score (nSPS) is 20.7. The summed E-state index contributed by atoms with van der Waals surface area (Å²) in [6.45, 7) is 8.19. The van der Waals surface area contributed by atoms with Crippen molar-refractivity contribution in [3.63, 3.8) is 0 Å². The second-order valence-corrected chi connectivity index (χ2v) is 8.83. The van der Waals surface area contributed by atoms with E-state index in [4.69, 9.17) is 0 Å². The summed E-state index contributed by atoms with van der Waals surface area (Å²) in [5.41, 5.74) is 0.976. The summed E-state index contributed by atoms with van der Waals surface area (Å²) in [4.78, 5) is 26.2. The van der Waals surface area contributed by atoms with Crippen LogP contribution in [0.5, 0.6) is 0 Å². The number of aliphatic carboxylic acids is 1. The highest BCUT2D eigenvalue weighted by Crippen LogP contribution is 2.27. The number of hydrogen-bond donors (Lipinski definition) is 1. The van der Waals surface area contributed by atoms with Crippen molar-refractivity contribution in [2.45, 2.75) is 51.5 Å². The third-order valence-electron chi connectivity index (χ3n) is 5.35. The minimum absolute atomic E-state index is 0.0830. The lowest BCUT2D eigenvalue weighted by Crippen LogP contribution is -2.49. The molecular formula is C19H28N2O5S. The Morgan fingerprint density at radius 1 is 1.26 bits per heavy atom. The summed E-state index contributed by atoms with van der Waals surface area (Å²) >= 11 is 0. The van der Waals surface area contributed by atoms with Gasteiger partial charge in [0, 0.05) is 31.2 Å². The number of benzene rings is 1. The largest absolute Gasteiger partial charge is 0.481 e. The maximum absolute atomic E-state index is 13.1. The Balaban J connectivity index is 2.41. The second-order valence-electron chi connectivity index (χ2n) is 6.89. The van der Waals surface area contributed by atoms with Crippen LogP contribution in [0.2, 0.25) is 0 Å². The minimum Gasteiger partial charge on any atom is -0.481 e. The summed E-state index contributed by atoms with van der Waals surface area (Å²) in [5.74, 6) is -1.83. The molecule has 1 aliphatic heterocycles. The van der Waals surface area contributed by atoms with Crippen LogP contribution in [-0.4, -0.2) is 60.3 Å². The van der Waals surface area contributed by atoms with E-state index in [1.165, 1.54) is 16.4 Å². The van der Waals surface area contributed by atoms with Crippen molar-refractivity contribution in [2.24, 2.45) is 5.92 Å². The molecule has 0 radical (unpaired) electrons. The van der Waals surface area contributed by atoms with Gasteiger partial charge in [0.15, 0.2) is 0 Å². The average molecular weight is 397 g/mol. The number of carboxylic acid groups (broad SMARTS) is 1. The third kappa shape index (κ3) is 4.16. The first kappa shape index (κ1) is 21.4. The molecule has 1 saturated heterocycles. The van der Waals surface area contributed by atoms with Gasteiger partial charge in [0.2, 0.25) is 10.0 Å². The van der Waals surface area contributed by atoms with Crippen LogP contribution >= 0.6 is 0 Å². The van der Waals surface area contributed by atoms with E-state index in [1.54, 1.807) is 38.7 Å². The van der Waals surface area contributed by atoms with E-state index in [1.807, 2.05) is 0 Å². The van der Waals surface area contributed by atoms with Crippen molar-refractivity contribution < 1.29 is 23.1 Å². The van der Waals surface area contributed by atoms with Crippen LogP contribution < -0.4 is 0 Å². The first-order chi connectivity index (χ1) is 12.6. The summed E-state index contributed by atoms with van der Waals surface area (Å²) in [7, 11) is -3.67. The van der Waals surface area contributed by atoms with Gasteiger partial charge in [-0.05, 0) is 44.4 Å². The molecular weight excluding hydrogens is 368 g/mol. The molecule has 1 aromatic carbocycles. The molecule has 1 fully saturated rings. The Morgan fingerprint density at radius 3 is 2.44 bits per heavy atom. The molecule has 0 unspecified atom stereocenters. The van der Waals surface area contributed by atoms with E-state index in [2.05, 4.69) is 0 Å². The Bertz CT molecular complexity index is 817. The lowest BCUT2D eigenvalue weighted by atomic mass is 9.89. The van der Waals surface area contributed by atoms with Crippen LogP contribution in [-0.2, 0) is 14.8 Å². The van der Waals surface area contributed by atoms with E-state index < -0.39 is 28.0 Å². The lowest BCUT2D eigenvalue weighted by molar-refractivity contribution is -0.144. The number of sulfonamides is 1. The van der Waals surface area contributed by atoms with Crippen molar-refractivity contribution in [1.82, 2.24) is 9.21 Å². The molecule has 0 aromatic heterocycles. The average Bonchev–Trinajstić information content (AvgIpc) is 2.62. The zero-order valence-corrected chi connectivity index (χ0v) is 17.1. The van der Waals surface area contributed by atoms with Gasteiger partial charge in [0.1, 0.15) is 0 Å². The predicted molar refractivity (Wildman–Crippen MR) is 102 cm³/mol. The fraction of sp³-hybridized carbons (Fsp3) is 0.579. The van der Waals surface area contributed by atoms with Crippen molar-refractivity contribution in [2.75, 3.05) is 19.6 Å². The molecule has 1 N–H and O–H groups in total.